The Bertz CT molecular complexity index is 407. The van der Waals surface area contributed by atoms with Crippen LogP contribution in [0.4, 0.5) is 0 Å². The Morgan fingerprint density at radius 2 is 2.22 bits per heavy atom. The predicted octanol–water partition coefficient (Wildman–Crippen LogP) is 3.24. The van der Waals surface area contributed by atoms with Gasteiger partial charge in [0, 0.05) is 24.1 Å². The van der Waals surface area contributed by atoms with Crippen LogP contribution in [0.25, 0.3) is 0 Å². The summed E-state index contributed by atoms with van der Waals surface area (Å²) in [5.41, 5.74) is 3.01. The average molecular weight is 268 g/mol. The number of hydrogen-bond donors (Lipinski definition) is 0. The lowest BCUT2D eigenvalue weighted by Crippen LogP contribution is -2.56. The van der Waals surface area contributed by atoms with Gasteiger partial charge in [0.2, 0.25) is 0 Å². The third-order valence-electron chi connectivity index (χ3n) is 4.33. The number of nitrogens with zero attached hydrogens (tertiary/aromatic N) is 1. The third-order valence-corrected chi connectivity index (χ3v) is 4.33. The van der Waals surface area contributed by atoms with Crippen LogP contribution >= 0.6 is 12.4 Å². The first-order valence-corrected chi connectivity index (χ1v) is 6.75. The number of methoxy groups -OCH3 is 1. The molecule has 1 fully saturated rings. The molecule has 0 spiro atoms. The number of fused-ring (bicyclic) bond motifs is 3. The van der Waals surface area contributed by atoms with E-state index in [0.717, 1.165) is 17.7 Å². The largest absolute Gasteiger partial charge is 0.496 e. The highest BCUT2D eigenvalue weighted by atomic mass is 35.5. The minimum Gasteiger partial charge on any atom is -0.496 e. The van der Waals surface area contributed by atoms with E-state index in [1.807, 2.05) is 0 Å². The maximum absolute atomic E-state index is 5.54. The van der Waals surface area contributed by atoms with Crippen molar-refractivity contribution in [2.24, 2.45) is 0 Å². The van der Waals surface area contributed by atoms with Gasteiger partial charge in [-0.15, -0.1) is 12.4 Å². The Morgan fingerprint density at radius 1 is 1.39 bits per heavy atom. The molecule has 0 aromatic heterocycles. The van der Waals surface area contributed by atoms with Crippen molar-refractivity contribution in [1.82, 2.24) is 4.90 Å². The molecule has 1 aromatic carbocycles. The third kappa shape index (κ3) is 2.02. The summed E-state index contributed by atoms with van der Waals surface area (Å²) in [6.45, 7) is 4.75. The summed E-state index contributed by atoms with van der Waals surface area (Å²) in [7, 11) is 1.79. The smallest absolute Gasteiger partial charge is 0.122 e. The summed E-state index contributed by atoms with van der Waals surface area (Å²) in [5, 5.41) is 0. The maximum atomic E-state index is 5.54. The number of ether oxygens (including phenoxy) is 1. The number of hydrogen-bond acceptors (Lipinski definition) is 2. The lowest BCUT2D eigenvalue weighted by molar-refractivity contribution is 0.0453. The van der Waals surface area contributed by atoms with Gasteiger partial charge in [-0.2, -0.15) is 0 Å². The van der Waals surface area contributed by atoms with Crippen molar-refractivity contribution in [2.75, 3.05) is 20.2 Å². The van der Waals surface area contributed by atoms with E-state index in [0.29, 0.717) is 0 Å². The molecule has 0 saturated carbocycles. The molecule has 3 rings (SSSR count). The topological polar surface area (TPSA) is 12.5 Å². The molecule has 0 amide bonds. The lowest BCUT2D eigenvalue weighted by Gasteiger charge is -2.52. The molecule has 1 aliphatic carbocycles. The highest BCUT2D eigenvalue weighted by Crippen LogP contribution is 2.46. The summed E-state index contributed by atoms with van der Waals surface area (Å²) in [5.74, 6) is 1.83. The van der Waals surface area contributed by atoms with Crippen LogP contribution in [0.15, 0.2) is 18.2 Å². The molecule has 0 bridgehead atoms. The van der Waals surface area contributed by atoms with E-state index in [-0.39, 0.29) is 12.4 Å². The molecule has 1 aromatic rings. The zero-order valence-corrected chi connectivity index (χ0v) is 12.0. The number of benzene rings is 1. The van der Waals surface area contributed by atoms with Crippen LogP contribution in [-0.4, -0.2) is 31.1 Å². The molecular weight excluding hydrogens is 246 g/mol. The van der Waals surface area contributed by atoms with E-state index in [2.05, 4.69) is 30.0 Å². The molecule has 100 valence electrons. The Labute approximate surface area is 116 Å². The van der Waals surface area contributed by atoms with Crippen molar-refractivity contribution in [3.63, 3.8) is 0 Å². The van der Waals surface area contributed by atoms with Gasteiger partial charge in [0.05, 0.1) is 7.11 Å². The number of rotatable bonds is 3. The molecule has 2 aliphatic rings. The van der Waals surface area contributed by atoms with Gasteiger partial charge in [0.1, 0.15) is 5.75 Å². The summed E-state index contributed by atoms with van der Waals surface area (Å²) >= 11 is 0. The Balaban J connectivity index is 0.00000120. The summed E-state index contributed by atoms with van der Waals surface area (Å²) in [6, 6.07) is 7.29. The Morgan fingerprint density at radius 3 is 2.94 bits per heavy atom. The zero-order valence-electron chi connectivity index (χ0n) is 11.2. The summed E-state index contributed by atoms with van der Waals surface area (Å²) < 4.78 is 5.54. The minimum absolute atomic E-state index is 0. The monoisotopic (exact) mass is 267 g/mol. The fourth-order valence-corrected chi connectivity index (χ4v) is 3.55. The maximum Gasteiger partial charge on any atom is 0.122 e. The first-order chi connectivity index (χ1) is 8.35. The van der Waals surface area contributed by atoms with Gasteiger partial charge in [-0.1, -0.05) is 19.1 Å². The van der Waals surface area contributed by atoms with Gasteiger partial charge in [0.25, 0.3) is 0 Å². The highest BCUT2D eigenvalue weighted by Gasteiger charge is 2.43. The summed E-state index contributed by atoms with van der Waals surface area (Å²) in [6.07, 6.45) is 3.81. The van der Waals surface area contributed by atoms with E-state index >= 15 is 0 Å². The van der Waals surface area contributed by atoms with E-state index in [4.69, 9.17) is 4.74 Å². The molecule has 0 N–H and O–H groups in total. The average Bonchev–Trinajstić information content (AvgIpc) is 2.34. The molecule has 0 radical (unpaired) electrons. The van der Waals surface area contributed by atoms with Crippen molar-refractivity contribution in [2.45, 2.75) is 38.1 Å². The fraction of sp³-hybridized carbons (Fsp3) is 0.600. The van der Waals surface area contributed by atoms with Crippen molar-refractivity contribution in [1.29, 1.82) is 0 Å². The number of halogens is 1. The van der Waals surface area contributed by atoms with E-state index < -0.39 is 0 Å². The van der Waals surface area contributed by atoms with Crippen LogP contribution in [0.1, 0.15) is 36.8 Å². The molecule has 2 unspecified atom stereocenters. The van der Waals surface area contributed by atoms with Crippen LogP contribution in [0.2, 0.25) is 0 Å². The van der Waals surface area contributed by atoms with Gasteiger partial charge in [-0.3, -0.25) is 4.90 Å². The molecule has 1 aliphatic heterocycles. The highest BCUT2D eigenvalue weighted by molar-refractivity contribution is 5.85. The van der Waals surface area contributed by atoms with Crippen LogP contribution in [0, 0.1) is 0 Å². The van der Waals surface area contributed by atoms with Crippen LogP contribution < -0.4 is 4.74 Å². The molecule has 2 nitrogen and oxygen atoms in total. The standard InChI is InChI=1S/C15H21NO.ClH/c1-3-9-16-10-12-13(16)8-7-11-5-4-6-14(17-2)15(11)12;/h4-6,12-13H,3,7-10H2,1-2H3;1H. The zero-order chi connectivity index (χ0) is 11.8. The van der Waals surface area contributed by atoms with E-state index in [1.165, 1.54) is 43.5 Å². The molecular formula is C15H22ClNO. The van der Waals surface area contributed by atoms with E-state index in [9.17, 15) is 0 Å². The second kappa shape index (κ2) is 5.50. The molecule has 1 saturated heterocycles. The fourth-order valence-electron chi connectivity index (χ4n) is 3.55. The molecule has 3 heteroatoms. The Kier molecular flexibility index (Phi) is 4.18. The molecule has 2 atom stereocenters. The van der Waals surface area contributed by atoms with Gasteiger partial charge >= 0.3 is 0 Å². The summed E-state index contributed by atoms with van der Waals surface area (Å²) in [4.78, 5) is 2.64. The first kappa shape index (κ1) is 13.7. The predicted molar refractivity (Wildman–Crippen MR) is 77.0 cm³/mol. The van der Waals surface area contributed by atoms with Gasteiger partial charge in [-0.05, 0) is 37.4 Å². The number of likely N-dealkylation sites (tertiary alicyclic amines) is 1. The van der Waals surface area contributed by atoms with Crippen LogP contribution in [0.5, 0.6) is 5.75 Å². The van der Waals surface area contributed by atoms with Crippen molar-refractivity contribution in [3.05, 3.63) is 29.3 Å². The SMILES string of the molecule is CCCN1CC2c3c(cccc3OC)CCC21.Cl. The minimum atomic E-state index is 0. The van der Waals surface area contributed by atoms with Crippen LogP contribution in [0.3, 0.4) is 0 Å². The van der Waals surface area contributed by atoms with Crippen molar-refractivity contribution < 1.29 is 4.74 Å². The van der Waals surface area contributed by atoms with Crippen molar-refractivity contribution >= 4 is 12.4 Å². The van der Waals surface area contributed by atoms with Crippen LogP contribution in [-0.2, 0) is 6.42 Å². The van der Waals surface area contributed by atoms with Crippen molar-refractivity contribution in [3.8, 4) is 5.75 Å². The molecule has 1 heterocycles. The normalized spacial score (nSPS) is 25.4. The second-order valence-corrected chi connectivity index (χ2v) is 5.24. The first-order valence-electron chi connectivity index (χ1n) is 6.75. The number of aryl methyl sites for hydroxylation is 1. The second-order valence-electron chi connectivity index (χ2n) is 5.24. The van der Waals surface area contributed by atoms with Gasteiger partial charge < -0.3 is 4.74 Å². The quantitative estimate of drug-likeness (QED) is 0.834. The van der Waals surface area contributed by atoms with Gasteiger partial charge in [0.15, 0.2) is 0 Å². The molecule has 18 heavy (non-hydrogen) atoms. The van der Waals surface area contributed by atoms with Gasteiger partial charge in [-0.25, -0.2) is 0 Å². The van der Waals surface area contributed by atoms with E-state index in [1.54, 1.807) is 7.11 Å². The lowest BCUT2D eigenvalue weighted by atomic mass is 9.72. The Hall–Kier alpha value is -0.730.